The molecule has 1 heterocycles. The van der Waals surface area contributed by atoms with Crippen molar-refractivity contribution >= 4 is 22.7 Å². The Labute approximate surface area is 140 Å². The van der Waals surface area contributed by atoms with Gasteiger partial charge in [-0.05, 0) is 23.3 Å². The lowest BCUT2D eigenvalue weighted by Gasteiger charge is -2.16. The topological polar surface area (TPSA) is 15.8 Å². The summed E-state index contributed by atoms with van der Waals surface area (Å²) in [5, 5.41) is 2.74. The summed E-state index contributed by atoms with van der Waals surface area (Å²) in [6.45, 7) is 0. The molecular formula is C21H17NS. The highest BCUT2D eigenvalue weighted by molar-refractivity contribution is 7.99. The van der Waals surface area contributed by atoms with E-state index in [1.165, 1.54) is 27.1 Å². The van der Waals surface area contributed by atoms with E-state index in [1.54, 1.807) is 0 Å². The molecule has 0 saturated heterocycles. The van der Waals surface area contributed by atoms with E-state index in [0.29, 0.717) is 0 Å². The van der Waals surface area contributed by atoms with Crippen molar-refractivity contribution in [2.24, 2.45) is 0 Å². The second kappa shape index (κ2) is 6.35. The standard InChI is InChI=1S/C21H17NS/c1-3-9-16(10-4-1)21(17-11-5-2-6-12-17)23-20-15-18-13-7-8-14-19(18)22-20/h1-15,21-22H. The van der Waals surface area contributed by atoms with Crippen molar-refractivity contribution in [2.75, 3.05) is 0 Å². The van der Waals surface area contributed by atoms with Crippen LogP contribution in [0.3, 0.4) is 0 Å². The van der Waals surface area contributed by atoms with Crippen LogP contribution in [0.2, 0.25) is 0 Å². The third-order valence-electron chi connectivity index (χ3n) is 3.95. The van der Waals surface area contributed by atoms with Crippen LogP contribution in [0.4, 0.5) is 0 Å². The smallest absolute Gasteiger partial charge is 0.0741 e. The number of fused-ring (bicyclic) bond motifs is 1. The Bertz CT molecular complexity index is 824. The number of thioether (sulfide) groups is 1. The van der Waals surface area contributed by atoms with Crippen molar-refractivity contribution in [2.45, 2.75) is 10.3 Å². The minimum absolute atomic E-state index is 0.283. The zero-order valence-electron chi connectivity index (χ0n) is 12.6. The lowest BCUT2D eigenvalue weighted by Crippen LogP contribution is -1.96. The van der Waals surface area contributed by atoms with Gasteiger partial charge in [0, 0.05) is 10.9 Å². The molecule has 0 saturated carbocycles. The number of rotatable bonds is 4. The molecule has 0 fully saturated rings. The molecule has 23 heavy (non-hydrogen) atoms. The summed E-state index contributed by atoms with van der Waals surface area (Å²) in [6.07, 6.45) is 0. The largest absolute Gasteiger partial charge is 0.350 e. The minimum Gasteiger partial charge on any atom is -0.350 e. The third-order valence-corrected chi connectivity index (χ3v) is 5.21. The highest BCUT2D eigenvalue weighted by Crippen LogP contribution is 2.40. The predicted octanol–water partition coefficient (Wildman–Crippen LogP) is 6.05. The summed E-state index contributed by atoms with van der Waals surface area (Å²) in [5.74, 6) is 0. The van der Waals surface area contributed by atoms with Crippen LogP contribution >= 0.6 is 11.8 Å². The van der Waals surface area contributed by atoms with Crippen molar-refractivity contribution < 1.29 is 0 Å². The predicted molar refractivity (Wildman–Crippen MR) is 98.9 cm³/mol. The lowest BCUT2D eigenvalue weighted by atomic mass is 10.0. The van der Waals surface area contributed by atoms with Gasteiger partial charge in [-0.3, -0.25) is 0 Å². The van der Waals surface area contributed by atoms with Crippen molar-refractivity contribution in [1.29, 1.82) is 0 Å². The molecular weight excluding hydrogens is 298 g/mol. The highest BCUT2D eigenvalue weighted by Gasteiger charge is 2.16. The van der Waals surface area contributed by atoms with Gasteiger partial charge in [-0.2, -0.15) is 0 Å². The van der Waals surface area contributed by atoms with E-state index in [9.17, 15) is 0 Å². The average Bonchev–Trinajstić information content (AvgIpc) is 3.04. The summed E-state index contributed by atoms with van der Waals surface area (Å²) < 4.78 is 0. The summed E-state index contributed by atoms with van der Waals surface area (Å²) in [6, 6.07) is 32.0. The lowest BCUT2D eigenvalue weighted by molar-refractivity contribution is 1.13. The third kappa shape index (κ3) is 3.03. The number of H-pyrrole nitrogens is 1. The molecule has 2 heteroatoms. The quantitative estimate of drug-likeness (QED) is 0.453. The Morgan fingerprint density at radius 1 is 0.652 bits per heavy atom. The Balaban J connectivity index is 1.73. The van der Waals surface area contributed by atoms with Crippen LogP contribution in [0.25, 0.3) is 10.9 Å². The first kappa shape index (κ1) is 14.2. The molecule has 4 aromatic rings. The average molecular weight is 315 g/mol. The molecule has 0 unspecified atom stereocenters. The van der Waals surface area contributed by atoms with Crippen LogP contribution in [-0.2, 0) is 0 Å². The first-order valence-electron chi connectivity index (χ1n) is 7.74. The summed E-state index contributed by atoms with van der Waals surface area (Å²) >= 11 is 1.87. The van der Waals surface area contributed by atoms with E-state index < -0.39 is 0 Å². The minimum atomic E-state index is 0.283. The maximum absolute atomic E-state index is 3.53. The molecule has 4 rings (SSSR count). The van der Waals surface area contributed by atoms with E-state index in [0.717, 1.165) is 0 Å². The van der Waals surface area contributed by atoms with Gasteiger partial charge < -0.3 is 4.98 Å². The number of benzene rings is 3. The first-order chi connectivity index (χ1) is 11.4. The van der Waals surface area contributed by atoms with E-state index in [4.69, 9.17) is 0 Å². The van der Waals surface area contributed by atoms with E-state index in [-0.39, 0.29) is 5.25 Å². The molecule has 112 valence electrons. The second-order valence-corrected chi connectivity index (χ2v) is 6.69. The SMILES string of the molecule is c1ccc(C(Sc2cc3ccccc3[nH]2)c2ccccc2)cc1. The highest BCUT2D eigenvalue weighted by atomic mass is 32.2. The zero-order valence-corrected chi connectivity index (χ0v) is 13.5. The van der Waals surface area contributed by atoms with Crippen LogP contribution in [-0.4, -0.2) is 4.98 Å². The Morgan fingerprint density at radius 3 is 1.83 bits per heavy atom. The van der Waals surface area contributed by atoms with Gasteiger partial charge in [0.25, 0.3) is 0 Å². The van der Waals surface area contributed by atoms with E-state index >= 15 is 0 Å². The number of hydrogen-bond donors (Lipinski definition) is 1. The van der Waals surface area contributed by atoms with Crippen LogP contribution in [0, 0.1) is 0 Å². The fraction of sp³-hybridized carbons (Fsp3) is 0.0476. The molecule has 0 amide bonds. The molecule has 1 aromatic heterocycles. The Hall–Kier alpha value is -2.45. The van der Waals surface area contributed by atoms with Gasteiger partial charge in [0.2, 0.25) is 0 Å². The number of aromatic amines is 1. The molecule has 0 spiro atoms. The van der Waals surface area contributed by atoms with Crippen molar-refractivity contribution in [3.05, 3.63) is 102 Å². The van der Waals surface area contributed by atoms with Gasteiger partial charge in [0.15, 0.2) is 0 Å². The van der Waals surface area contributed by atoms with Gasteiger partial charge in [0.05, 0.1) is 10.3 Å². The fourth-order valence-corrected chi connectivity index (χ4v) is 4.03. The number of hydrogen-bond acceptors (Lipinski definition) is 1. The van der Waals surface area contributed by atoms with E-state index in [2.05, 4.69) is 96.0 Å². The molecule has 1 nitrogen and oxygen atoms in total. The van der Waals surface area contributed by atoms with Crippen LogP contribution in [0.15, 0.2) is 96.0 Å². The van der Waals surface area contributed by atoms with Gasteiger partial charge in [-0.25, -0.2) is 0 Å². The van der Waals surface area contributed by atoms with E-state index in [1.807, 2.05) is 11.8 Å². The van der Waals surface area contributed by atoms with Crippen LogP contribution in [0.5, 0.6) is 0 Å². The normalized spacial score (nSPS) is 11.2. The van der Waals surface area contributed by atoms with Crippen molar-refractivity contribution in [1.82, 2.24) is 4.98 Å². The number of para-hydroxylation sites is 1. The van der Waals surface area contributed by atoms with Crippen LogP contribution in [0.1, 0.15) is 16.4 Å². The summed E-state index contributed by atoms with van der Waals surface area (Å²) in [7, 11) is 0. The molecule has 0 aliphatic carbocycles. The molecule has 0 atom stereocenters. The van der Waals surface area contributed by atoms with Crippen molar-refractivity contribution in [3.8, 4) is 0 Å². The van der Waals surface area contributed by atoms with Gasteiger partial charge in [-0.1, -0.05) is 90.6 Å². The van der Waals surface area contributed by atoms with Crippen molar-refractivity contribution in [3.63, 3.8) is 0 Å². The Morgan fingerprint density at radius 2 is 1.22 bits per heavy atom. The summed E-state index contributed by atoms with van der Waals surface area (Å²) in [4.78, 5) is 3.53. The zero-order chi connectivity index (χ0) is 15.5. The van der Waals surface area contributed by atoms with Gasteiger partial charge in [-0.15, -0.1) is 0 Å². The monoisotopic (exact) mass is 315 g/mol. The summed E-state index contributed by atoms with van der Waals surface area (Å²) in [5.41, 5.74) is 3.83. The maximum Gasteiger partial charge on any atom is 0.0741 e. The van der Waals surface area contributed by atoms with Crippen LogP contribution < -0.4 is 0 Å². The Kier molecular flexibility index (Phi) is 3.91. The molecule has 0 aliphatic heterocycles. The fourth-order valence-electron chi connectivity index (χ4n) is 2.82. The van der Waals surface area contributed by atoms with Gasteiger partial charge in [0.1, 0.15) is 0 Å². The maximum atomic E-state index is 3.53. The molecule has 1 N–H and O–H groups in total. The number of aromatic nitrogens is 1. The molecule has 3 aromatic carbocycles. The van der Waals surface area contributed by atoms with Gasteiger partial charge >= 0.3 is 0 Å². The first-order valence-corrected chi connectivity index (χ1v) is 8.62. The number of nitrogens with one attached hydrogen (secondary N) is 1. The second-order valence-electron chi connectivity index (χ2n) is 5.54. The molecule has 0 radical (unpaired) electrons. The molecule has 0 bridgehead atoms. The molecule has 0 aliphatic rings.